The molecule has 2 heterocycles. The third-order valence-corrected chi connectivity index (χ3v) is 6.51. The highest BCUT2D eigenvalue weighted by Crippen LogP contribution is 2.36. The lowest BCUT2D eigenvalue weighted by molar-refractivity contribution is -0.106. The molecule has 2 aliphatic rings. The van der Waals surface area contributed by atoms with Crippen molar-refractivity contribution in [2.75, 3.05) is 0 Å². The molecule has 7 nitrogen and oxygen atoms in total. The highest BCUT2D eigenvalue weighted by atomic mass is 127. The predicted octanol–water partition coefficient (Wildman–Crippen LogP) is 1.64. The van der Waals surface area contributed by atoms with E-state index in [1.54, 1.807) is 6.92 Å². The van der Waals surface area contributed by atoms with Crippen LogP contribution in [0.3, 0.4) is 0 Å². The Bertz CT molecular complexity index is 718. The number of alkyl halides is 1. The number of hydrogen-bond donors (Lipinski definition) is 2. The Morgan fingerprint density at radius 1 is 1.40 bits per heavy atom. The van der Waals surface area contributed by atoms with Crippen LogP contribution in [0.5, 0.6) is 0 Å². The molecule has 2 fully saturated rings. The molecule has 1 saturated carbocycles. The van der Waals surface area contributed by atoms with Gasteiger partial charge in [0.25, 0.3) is 5.56 Å². The van der Waals surface area contributed by atoms with Crippen molar-refractivity contribution < 1.29 is 14.6 Å². The van der Waals surface area contributed by atoms with E-state index in [0.717, 1.165) is 19.3 Å². The minimum absolute atomic E-state index is 0.0373. The summed E-state index contributed by atoms with van der Waals surface area (Å²) in [6, 6.07) is 0. The molecule has 0 spiro atoms. The number of aliphatic hydroxyl groups is 1. The molecule has 140 valence electrons. The zero-order chi connectivity index (χ0) is 18.1. The Balaban J connectivity index is 1.91. The van der Waals surface area contributed by atoms with E-state index in [2.05, 4.69) is 27.6 Å². The van der Waals surface area contributed by atoms with Crippen molar-refractivity contribution in [3.05, 3.63) is 32.6 Å². The molecule has 1 aromatic heterocycles. The van der Waals surface area contributed by atoms with Gasteiger partial charge in [-0.15, -0.1) is 0 Å². The van der Waals surface area contributed by atoms with Crippen LogP contribution >= 0.6 is 22.6 Å². The van der Waals surface area contributed by atoms with Crippen molar-refractivity contribution in [1.29, 1.82) is 0 Å². The Kier molecular flexibility index (Phi) is 6.02. The lowest BCUT2D eigenvalue weighted by Crippen LogP contribution is -2.43. The third kappa shape index (κ3) is 3.86. The van der Waals surface area contributed by atoms with Crippen LogP contribution in [0.1, 0.15) is 50.8 Å². The highest BCUT2D eigenvalue weighted by molar-refractivity contribution is 14.1. The van der Waals surface area contributed by atoms with Gasteiger partial charge in [-0.3, -0.25) is 14.3 Å². The van der Waals surface area contributed by atoms with Crippen LogP contribution in [0, 0.1) is 6.92 Å². The number of nitrogens with one attached hydrogen (secondary N) is 1. The maximum atomic E-state index is 12.3. The van der Waals surface area contributed by atoms with Gasteiger partial charge in [-0.1, -0.05) is 42.4 Å². The molecule has 3 rings (SSSR count). The summed E-state index contributed by atoms with van der Waals surface area (Å²) in [7, 11) is 0. The van der Waals surface area contributed by atoms with Crippen molar-refractivity contribution >= 4 is 22.6 Å². The molecule has 0 radical (unpaired) electrons. The van der Waals surface area contributed by atoms with Gasteiger partial charge in [0.15, 0.2) is 6.23 Å². The van der Waals surface area contributed by atoms with Crippen molar-refractivity contribution in [3.63, 3.8) is 0 Å². The number of aliphatic hydroxyl groups excluding tert-OH is 1. The summed E-state index contributed by atoms with van der Waals surface area (Å²) in [6.45, 7) is 3.56. The number of halogens is 1. The Labute approximate surface area is 159 Å². The van der Waals surface area contributed by atoms with Crippen LogP contribution in [-0.2, 0) is 9.47 Å². The summed E-state index contributed by atoms with van der Waals surface area (Å²) in [4.78, 5) is 26.2. The first kappa shape index (κ1) is 19.1. The number of aromatic amines is 1. The molecular formula is C17H25IN2O5. The van der Waals surface area contributed by atoms with Crippen LogP contribution in [0.2, 0.25) is 0 Å². The number of ether oxygens (including phenoxy) is 2. The smallest absolute Gasteiger partial charge is 0.330 e. The molecule has 0 amide bonds. The lowest BCUT2D eigenvalue weighted by Gasteiger charge is -2.32. The summed E-state index contributed by atoms with van der Waals surface area (Å²) >= 11 is 2.40. The van der Waals surface area contributed by atoms with Crippen LogP contribution < -0.4 is 11.2 Å². The monoisotopic (exact) mass is 464 g/mol. The first-order valence-electron chi connectivity index (χ1n) is 8.87. The molecule has 0 aromatic carbocycles. The number of nitrogens with zero attached hydrogens (tertiary/aromatic N) is 1. The van der Waals surface area contributed by atoms with Gasteiger partial charge in [-0.2, -0.15) is 0 Å². The maximum Gasteiger partial charge on any atom is 0.330 e. The fourth-order valence-electron chi connectivity index (χ4n) is 3.61. The van der Waals surface area contributed by atoms with Gasteiger partial charge >= 0.3 is 5.69 Å². The zero-order valence-electron chi connectivity index (χ0n) is 14.5. The Morgan fingerprint density at radius 2 is 2.12 bits per heavy atom. The summed E-state index contributed by atoms with van der Waals surface area (Å²) < 4.78 is 13.9. The van der Waals surface area contributed by atoms with Gasteiger partial charge < -0.3 is 14.6 Å². The zero-order valence-corrected chi connectivity index (χ0v) is 16.6. The van der Waals surface area contributed by atoms with Crippen LogP contribution in [0.25, 0.3) is 0 Å². The molecule has 6 atom stereocenters. The second-order valence-electron chi connectivity index (χ2n) is 6.88. The van der Waals surface area contributed by atoms with Gasteiger partial charge in [-0.25, -0.2) is 4.79 Å². The fourth-order valence-corrected chi connectivity index (χ4v) is 4.58. The average Bonchev–Trinajstić information content (AvgIpc) is 2.89. The molecule has 1 saturated heterocycles. The minimum Gasteiger partial charge on any atom is -0.388 e. The third-order valence-electron chi connectivity index (χ3n) is 5.09. The van der Waals surface area contributed by atoms with Gasteiger partial charge in [0.2, 0.25) is 0 Å². The number of rotatable bonds is 4. The SMILES string of the molecule is CC[C@H]1O[C@@H](n2cc(C)c(=O)[nH]c2=O)[C@@H](O[C@@H]2CCCC[C@H]2I)C1O. The first-order valence-corrected chi connectivity index (χ1v) is 10.1. The van der Waals surface area contributed by atoms with Crippen molar-refractivity contribution in [1.82, 2.24) is 9.55 Å². The van der Waals surface area contributed by atoms with E-state index in [0.29, 0.717) is 15.9 Å². The topological polar surface area (TPSA) is 93.6 Å². The predicted molar refractivity (Wildman–Crippen MR) is 101 cm³/mol. The van der Waals surface area contributed by atoms with E-state index in [1.165, 1.54) is 17.2 Å². The summed E-state index contributed by atoms with van der Waals surface area (Å²) in [5.74, 6) is 0. The van der Waals surface area contributed by atoms with Crippen LogP contribution in [0.4, 0.5) is 0 Å². The maximum absolute atomic E-state index is 12.3. The van der Waals surface area contributed by atoms with E-state index in [-0.39, 0.29) is 6.10 Å². The van der Waals surface area contributed by atoms with Gasteiger partial charge in [-0.05, 0) is 26.2 Å². The first-order chi connectivity index (χ1) is 11.9. The van der Waals surface area contributed by atoms with E-state index in [1.807, 2.05) is 6.92 Å². The molecule has 1 aromatic rings. The van der Waals surface area contributed by atoms with Crippen molar-refractivity contribution in [2.45, 2.75) is 80.5 Å². The van der Waals surface area contributed by atoms with Gasteiger partial charge in [0.1, 0.15) is 12.2 Å². The molecule has 1 aliphatic carbocycles. The molecule has 1 aliphatic heterocycles. The molecule has 2 N–H and O–H groups in total. The highest BCUT2D eigenvalue weighted by Gasteiger charge is 2.46. The van der Waals surface area contributed by atoms with E-state index < -0.39 is 35.8 Å². The Hall–Kier alpha value is -0.710. The summed E-state index contributed by atoms with van der Waals surface area (Å²) in [5.41, 5.74) is -0.544. The summed E-state index contributed by atoms with van der Waals surface area (Å²) in [6.07, 6.45) is 3.89. The molecular weight excluding hydrogens is 439 g/mol. The largest absolute Gasteiger partial charge is 0.388 e. The number of H-pyrrole nitrogens is 1. The number of hydrogen-bond acceptors (Lipinski definition) is 5. The van der Waals surface area contributed by atoms with Gasteiger partial charge in [0, 0.05) is 15.7 Å². The Morgan fingerprint density at radius 3 is 2.80 bits per heavy atom. The molecule has 8 heteroatoms. The van der Waals surface area contributed by atoms with Crippen LogP contribution in [0.15, 0.2) is 15.8 Å². The fraction of sp³-hybridized carbons (Fsp3) is 0.765. The standard InChI is InChI=1S/C17H25IN2O5/c1-3-11-13(21)14(24-12-7-5-4-6-10(12)18)16(25-11)20-8-9(2)15(22)19-17(20)23/h8,10-14,16,21H,3-7H2,1-2H3,(H,19,22,23)/t10-,11-,12-,13?,14+,16-/m1/s1. The number of aromatic nitrogens is 2. The minimum atomic E-state index is -0.806. The lowest BCUT2D eigenvalue weighted by atomic mass is 9.97. The van der Waals surface area contributed by atoms with E-state index >= 15 is 0 Å². The van der Waals surface area contributed by atoms with E-state index in [4.69, 9.17) is 9.47 Å². The summed E-state index contributed by atoms with van der Waals surface area (Å²) in [5, 5.41) is 10.7. The van der Waals surface area contributed by atoms with Crippen molar-refractivity contribution in [2.24, 2.45) is 0 Å². The van der Waals surface area contributed by atoms with Crippen LogP contribution in [-0.4, -0.2) is 43.0 Å². The second kappa shape index (κ2) is 7.89. The number of aryl methyl sites for hydroxylation is 1. The normalized spacial score (nSPS) is 35.8. The average molecular weight is 464 g/mol. The molecule has 0 bridgehead atoms. The van der Waals surface area contributed by atoms with Gasteiger partial charge in [0.05, 0.1) is 12.2 Å². The quantitative estimate of drug-likeness (QED) is 0.522. The molecule has 1 unspecified atom stereocenters. The second-order valence-corrected chi connectivity index (χ2v) is 8.48. The van der Waals surface area contributed by atoms with E-state index in [9.17, 15) is 14.7 Å². The van der Waals surface area contributed by atoms with Crippen molar-refractivity contribution in [3.8, 4) is 0 Å². The molecule has 25 heavy (non-hydrogen) atoms.